The van der Waals surface area contributed by atoms with Crippen molar-refractivity contribution in [3.63, 3.8) is 0 Å². The molecule has 0 atom stereocenters. The molecule has 166 valence electrons. The number of carbonyl (C=O) groups is 2. The van der Waals surface area contributed by atoms with Gasteiger partial charge < -0.3 is 10.1 Å². The van der Waals surface area contributed by atoms with Gasteiger partial charge in [0, 0.05) is 11.1 Å². The number of hydrogen-bond donors (Lipinski definition) is 1. The molecule has 4 rings (SSSR count). The number of aryl methyl sites for hydroxylation is 1. The maximum Gasteiger partial charge on any atom is 0.316 e. The third kappa shape index (κ3) is 5.05. The van der Waals surface area contributed by atoms with Crippen LogP contribution < -0.4 is 5.32 Å². The maximum absolute atomic E-state index is 13.3. The Labute approximate surface area is 190 Å². The normalized spacial score (nSPS) is 14.8. The van der Waals surface area contributed by atoms with E-state index in [0.29, 0.717) is 23.5 Å². The van der Waals surface area contributed by atoms with Gasteiger partial charge >= 0.3 is 5.97 Å². The van der Waals surface area contributed by atoms with Crippen LogP contribution in [0.2, 0.25) is 0 Å². The van der Waals surface area contributed by atoms with Crippen molar-refractivity contribution in [2.45, 2.75) is 51.0 Å². The van der Waals surface area contributed by atoms with Crippen molar-refractivity contribution in [3.05, 3.63) is 81.6 Å². The number of aromatic nitrogens is 1. The van der Waals surface area contributed by atoms with Crippen molar-refractivity contribution in [1.29, 1.82) is 0 Å². The molecule has 1 N–H and O–H groups in total. The molecular weight excluding hydrogens is 427 g/mol. The van der Waals surface area contributed by atoms with Gasteiger partial charge in [0.2, 0.25) is 5.91 Å². The van der Waals surface area contributed by atoms with E-state index in [-0.39, 0.29) is 30.7 Å². The molecular formula is C25H25FN2O3S. The van der Waals surface area contributed by atoms with E-state index in [1.54, 1.807) is 17.5 Å². The Morgan fingerprint density at radius 3 is 2.47 bits per heavy atom. The zero-order valence-corrected chi connectivity index (χ0v) is 18.7. The maximum atomic E-state index is 13.3. The van der Waals surface area contributed by atoms with Gasteiger partial charge in [-0.3, -0.25) is 9.59 Å². The zero-order valence-electron chi connectivity index (χ0n) is 17.9. The molecule has 32 heavy (non-hydrogen) atoms. The minimum Gasteiger partial charge on any atom is -0.458 e. The van der Waals surface area contributed by atoms with Crippen LogP contribution in [0.5, 0.6) is 0 Å². The summed E-state index contributed by atoms with van der Waals surface area (Å²) in [4.78, 5) is 29.8. The van der Waals surface area contributed by atoms with E-state index in [1.165, 1.54) is 23.5 Å². The van der Waals surface area contributed by atoms with Crippen LogP contribution in [0.4, 0.5) is 10.1 Å². The van der Waals surface area contributed by atoms with Crippen molar-refractivity contribution in [2.75, 3.05) is 5.32 Å². The van der Waals surface area contributed by atoms with Crippen molar-refractivity contribution in [2.24, 2.45) is 0 Å². The highest BCUT2D eigenvalue weighted by Crippen LogP contribution is 2.42. The second kappa shape index (κ2) is 9.61. The summed E-state index contributed by atoms with van der Waals surface area (Å²) in [5, 5.41) is 5.33. The van der Waals surface area contributed by atoms with E-state index in [4.69, 9.17) is 4.74 Å². The average molecular weight is 453 g/mol. The summed E-state index contributed by atoms with van der Waals surface area (Å²) in [5.74, 6) is -0.766. The number of amides is 1. The second-order valence-electron chi connectivity index (χ2n) is 8.20. The lowest BCUT2D eigenvalue weighted by Gasteiger charge is -2.27. The van der Waals surface area contributed by atoms with Gasteiger partial charge in [-0.2, -0.15) is 0 Å². The fourth-order valence-electron chi connectivity index (χ4n) is 4.11. The Hall–Kier alpha value is -3.06. The number of nitrogens with zero attached hydrogens (tertiary/aromatic N) is 1. The molecule has 0 unspecified atom stereocenters. The first-order valence-corrected chi connectivity index (χ1v) is 11.6. The van der Waals surface area contributed by atoms with E-state index < -0.39 is 5.41 Å². The Morgan fingerprint density at radius 1 is 1.09 bits per heavy atom. The minimum atomic E-state index is -0.722. The zero-order chi connectivity index (χ0) is 22.6. The number of esters is 1. The highest BCUT2D eigenvalue weighted by atomic mass is 32.1. The molecule has 1 aliphatic carbocycles. The summed E-state index contributed by atoms with van der Waals surface area (Å²) in [6, 6.07) is 13.7. The Kier molecular flexibility index (Phi) is 6.65. The van der Waals surface area contributed by atoms with Gasteiger partial charge in [-0.15, -0.1) is 11.3 Å². The SMILES string of the molecule is Cc1ccc(NC(=O)Cc2nc(COC(=O)C3(c4ccc(F)cc4)CCCC3)cs2)cc1. The van der Waals surface area contributed by atoms with Crippen LogP contribution in [0.25, 0.3) is 0 Å². The number of rotatable bonds is 7. The van der Waals surface area contributed by atoms with Gasteiger partial charge in [-0.1, -0.05) is 42.7 Å². The number of halogens is 1. The molecule has 7 heteroatoms. The van der Waals surface area contributed by atoms with Crippen molar-refractivity contribution < 1.29 is 18.7 Å². The molecule has 3 aromatic rings. The Bertz CT molecular complexity index is 1090. The topological polar surface area (TPSA) is 68.3 Å². The minimum absolute atomic E-state index is 0.0534. The molecule has 1 amide bonds. The standard InChI is InChI=1S/C25H25FN2O3S/c1-17-4-10-20(11-5-17)27-22(29)14-23-28-21(16-32-23)15-31-24(30)25(12-2-3-13-25)18-6-8-19(26)9-7-18/h4-11,16H,2-3,12-15H2,1H3,(H,27,29). The second-order valence-corrected chi connectivity index (χ2v) is 9.14. The smallest absolute Gasteiger partial charge is 0.316 e. The number of ether oxygens (including phenoxy) is 1. The molecule has 1 aromatic heterocycles. The van der Waals surface area contributed by atoms with Crippen LogP contribution in [0.15, 0.2) is 53.9 Å². The average Bonchev–Trinajstić information content (AvgIpc) is 3.45. The predicted octanol–water partition coefficient (Wildman–Crippen LogP) is 5.33. The summed E-state index contributed by atoms with van der Waals surface area (Å²) >= 11 is 1.37. The first kappa shape index (κ1) is 22.1. The number of hydrogen-bond acceptors (Lipinski definition) is 5. The molecule has 0 radical (unpaired) electrons. The highest BCUT2D eigenvalue weighted by molar-refractivity contribution is 7.09. The predicted molar refractivity (Wildman–Crippen MR) is 122 cm³/mol. The molecule has 1 heterocycles. The molecule has 0 aliphatic heterocycles. The van der Waals surface area contributed by atoms with Gasteiger partial charge in [0.15, 0.2) is 0 Å². The third-order valence-corrected chi connectivity index (χ3v) is 6.74. The van der Waals surface area contributed by atoms with Crippen LogP contribution in [-0.2, 0) is 32.8 Å². The highest BCUT2D eigenvalue weighted by Gasteiger charge is 2.44. The summed E-state index contributed by atoms with van der Waals surface area (Å²) in [6.07, 6.45) is 3.41. The van der Waals surface area contributed by atoms with Crippen LogP contribution >= 0.6 is 11.3 Å². The molecule has 1 aliphatic rings. The van der Waals surface area contributed by atoms with Crippen LogP contribution in [0, 0.1) is 12.7 Å². The number of carbonyl (C=O) groups excluding carboxylic acids is 2. The van der Waals surface area contributed by atoms with Crippen molar-refractivity contribution >= 4 is 28.9 Å². The quantitative estimate of drug-likeness (QED) is 0.492. The Morgan fingerprint density at radius 2 is 1.78 bits per heavy atom. The molecule has 0 bridgehead atoms. The van der Waals surface area contributed by atoms with Gasteiger partial charge in [0.25, 0.3) is 0 Å². The van der Waals surface area contributed by atoms with Crippen molar-refractivity contribution in [3.8, 4) is 0 Å². The lowest BCUT2D eigenvalue weighted by atomic mass is 9.79. The van der Waals surface area contributed by atoms with Crippen LogP contribution in [-0.4, -0.2) is 16.9 Å². The Balaban J connectivity index is 1.35. The monoisotopic (exact) mass is 452 g/mol. The largest absolute Gasteiger partial charge is 0.458 e. The first-order chi connectivity index (χ1) is 15.4. The van der Waals surface area contributed by atoms with Gasteiger partial charge in [0.1, 0.15) is 17.4 Å². The molecule has 1 saturated carbocycles. The molecule has 1 fully saturated rings. The van der Waals surface area contributed by atoms with Gasteiger partial charge in [0.05, 0.1) is 17.5 Å². The van der Waals surface area contributed by atoms with Crippen molar-refractivity contribution in [1.82, 2.24) is 4.98 Å². The van der Waals surface area contributed by atoms with Gasteiger partial charge in [-0.05, 0) is 49.6 Å². The fraction of sp³-hybridized carbons (Fsp3) is 0.320. The number of thiazole rings is 1. The lowest BCUT2D eigenvalue weighted by Crippen LogP contribution is -2.34. The number of benzene rings is 2. The third-order valence-electron chi connectivity index (χ3n) is 5.84. The summed E-state index contributed by atoms with van der Waals surface area (Å²) in [7, 11) is 0. The molecule has 0 saturated heterocycles. The summed E-state index contributed by atoms with van der Waals surface area (Å²) in [5.41, 5.74) is 2.57. The van der Waals surface area contributed by atoms with E-state index in [0.717, 1.165) is 29.7 Å². The van der Waals surface area contributed by atoms with E-state index in [1.807, 2.05) is 31.2 Å². The van der Waals surface area contributed by atoms with Gasteiger partial charge in [-0.25, -0.2) is 9.37 Å². The van der Waals surface area contributed by atoms with E-state index in [2.05, 4.69) is 10.3 Å². The summed E-state index contributed by atoms with van der Waals surface area (Å²) < 4.78 is 19.0. The number of nitrogens with one attached hydrogen (secondary N) is 1. The lowest BCUT2D eigenvalue weighted by molar-refractivity contribution is -0.152. The van der Waals surface area contributed by atoms with E-state index in [9.17, 15) is 14.0 Å². The van der Waals surface area contributed by atoms with E-state index >= 15 is 0 Å². The van der Waals surface area contributed by atoms with Crippen LogP contribution in [0.1, 0.15) is 47.5 Å². The molecule has 5 nitrogen and oxygen atoms in total. The molecule has 0 spiro atoms. The van der Waals surface area contributed by atoms with Crippen LogP contribution in [0.3, 0.4) is 0 Å². The first-order valence-electron chi connectivity index (χ1n) is 10.7. The molecule has 2 aromatic carbocycles. The number of anilines is 1. The summed E-state index contributed by atoms with van der Waals surface area (Å²) in [6.45, 7) is 2.04. The fourth-order valence-corrected chi connectivity index (χ4v) is 4.89.